The van der Waals surface area contributed by atoms with E-state index < -0.39 is 0 Å². The van der Waals surface area contributed by atoms with Gasteiger partial charge in [-0.2, -0.15) is 5.10 Å². The number of hydrogen-bond donors (Lipinski definition) is 1. The van der Waals surface area contributed by atoms with Crippen LogP contribution in [0.3, 0.4) is 0 Å². The second kappa shape index (κ2) is 5.08. The first kappa shape index (κ1) is 12.4. The molecule has 0 aliphatic carbocycles. The Balaban J connectivity index is 2.49. The predicted molar refractivity (Wildman–Crippen MR) is 70.6 cm³/mol. The average Bonchev–Trinajstić information content (AvgIpc) is 2.70. The van der Waals surface area contributed by atoms with E-state index in [1.54, 1.807) is 10.9 Å². The highest BCUT2D eigenvalue weighted by Crippen LogP contribution is 2.33. The lowest BCUT2D eigenvalue weighted by molar-refractivity contribution is 0.690. The molecule has 0 amide bonds. The van der Waals surface area contributed by atoms with E-state index in [2.05, 4.69) is 10.4 Å². The van der Waals surface area contributed by atoms with Crippen molar-refractivity contribution in [3.63, 3.8) is 0 Å². The summed E-state index contributed by atoms with van der Waals surface area (Å²) >= 11 is 12.4. The van der Waals surface area contributed by atoms with E-state index in [9.17, 15) is 0 Å². The van der Waals surface area contributed by atoms with Crippen LogP contribution in [0.2, 0.25) is 10.0 Å². The summed E-state index contributed by atoms with van der Waals surface area (Å²) < 4.78 is 1.75. The van der Waals surface area contributed by atoms with Gasteiger partial charge in [-0.05, 0) is 19.2 Å². The van der Waals surface area contributed by atoms with Gasteiger partial charge in [0.25, 0.3) is 0 Å². The van der Waals surface area contributed by atoms with Crippen molar-refractivity contribution < 1.29 is 0 Å². The summed E-state index contributed by atoms with van der Waals surface area (Å²) in [7, 11) is 3.75. The SMILES string of the molecule is CNC(c1cnn(C)c1)c1c(Cl)cccc1Cl. The van der Waals surface area contributed by atoms with Crippen molar-refractivity contribution in [2.24, 2.45) is 7.05 Å². The van der Waals surface area contributed by atoms with Crippen LogP contribution < -0.4 is 5.32 Å². The number of hydrogen-bond acceptors (Lipinski definition) is 2. The van der Waals surface area contributed by atoms with Crippen LogP contribution in [-0.4, -0.2) is 16.8 Å². The summed E-state index contributed by atoms with van der Waals surface area (Å²) in [6.07, 6.45) is 3.75. The van der Waals surface area contributed by atoms with Crippen molar-refractivity contribution in [1.82, 2.24) is 15.1 Å². The quantitative estimate of drug-likeness (QED) is 0.929. The van der Waals surface area contributed by atoms with Crippen LogP contribution in [0.5, 0.6) is 0 Å². The fourth-order valence-corrected chi connectivity index (χ4v) is 2.47. The van der Waals surface area contributed by atoms with Crippen molar-refractivity contribution in [3.05, 3.63) is 51.8 Å². The van der Waals surface area contributed by atoms with E-state index in [0.717, 1.165) is 11.1 Å². The number of nitrogens with zero attached hydrogens (tertiary/aromatic N) is 2. The summed E-state index contributed by atoms with van der Waals surface area (Å²) in [6.45, 7) is 0. The van der Waals surface area contributed by atoms with Gasteiger partial charge in [-0.3, -0.25) is 4.68 Å². The third-order valence-corrected chi connectivity index (χ3v) is 3.29. The van der Waals surface area contributed by atoms with Gasteiger partial charge >= 0.3 is 0 Å². The third kappa shape index (κ3) is 2.46. The number of rotatable bonds is 3. The molecule has 0 bridgehead atoms. The molecular formula is C12H13Cl2N3. The molecule has 0 saturated carbocycles. The fourth-order valence-electron chi connectivity index (χ4n) is 1.85. The Morgan fingerprint density at radius 3 is 2.41 bits per heavy atom. The Morgan fingerprint density at radius 2 is 1.94 bits per heavy atom. The predicted octanol–water partition coefficient (Wildman–Crippen LogP) is 3.04. The van der Waals surface area contributed by atoms with Crippen LogP contribution in [0, 0.1) is 0 Å². The molecule has 0 aliphatic heterocycles. The minimum atomic E-state index is -0.0510. The first-order valence-electron chi connectivity index (χ1n) is 5.23. The Kier molecular flexibility index (Phi) is 3.72. The highest BCUT2D eigenvalue weighted by Gasteiger charge is 2.19. The average molecular weight is 270 g/mol. The normalized spacial score (nSPS) is 12.7. The summed E-state index contributed by atoms with van der Waals surface area (Å²) in [5, 5.41) is 8.68. The third-order valence-electron chi connectivity index (χ3n) is 2.64. The van der Waals surface area contributed by atoms with Crippen LogP contribution in [-0.2, 0) is 7.05 Å². The van der Waals surface area contributed by atoms with Crippen LogP contribution in [0.15, 0.2) is 30.6 Å². The molecule has 2 aromatic rings. The maximum Gasteiger partial charge on any atom is 0.0635 e. The van der Waals surface area contributed by atoms with Crippen molar-refractivity contribution in [3.8, 4) is 0 Å². The van der Waals surface area contributed by atoms with Crippen LogP contribution in [0.4, 0.5) is 0 Å². The molecule has 0 aliphatic rings. The molecule has 1 aromatic heterocycles. The monoisotopic (exact) mass is 269 g/mol. The summed E-state index contributed by atoms with van der Waals surface area (Å²) in [6, 6.07) is 5.46. The molecule has 2 rings (SSSR count). The second-order valence-electron chi connectivity index (χ2n) is 3.80. The molecule has 3 nitrogen and oxygen atoms in total. The molecular weight excluding hydrogens is 257 g/mol. The first-order valence-corrected chi connectivity index (χ1v) is 5.98. The van der Waals surface area contributed by atoms with Crippen LogP contribution in [0.25, 0.3) is 0 Å². The van der Waals surface area contributed by atoms with Gasteiger partial charge < -0.3 is 5.32 Å². The smallest absolute Gasteiger partial charge is 0.0635 e. The molecule has 0 fully saturated rings. The maximum atomic E-state index is 6.21. The molecule has 0 saturated heterocycles. The van der Waals surface area contributed by atoms with Gasteiger partial charge in [-0.15, -0.1) is 0 Å². The molecule has 1 N–H and O–H groups in total. The number of nitrogens with one attached hydrogen (secondary N) is 1. The number of benzene rings is 1. The van der Waals surface area contributed by atoms with Crippen molar-refractivity contribution in [2.75, 3.05) is 7.05 Å². The van der Waals surface area contributed by atoms with E-state index in [-0.39, 0.29) is 6.04 Å². The highest BCUT2D eigenvalue weighted by molar-refractivity contribution is 6.36. The van der Waals surface area contributed by atoms with Gasteiger partial charge in [0.15, 0.2) is 0 Å². The molecule has 5 heteroatoms. The highest BCUT2D eigenvalue weighted by atomic mass is 35.5. The van der Waals surface area contributed by atoms with Crippen molar-refractivity contribution >= 4 is 23.2 Å². The Morgan fingerprint density at radius 1 is 1.29 bits per heavy atom. The van der Waals surface area contributed by atoms with Gasteiger partial charge in [0.05, 0.1) is 12.2 Å². The minimum Gasteiger partial charge on any atom is -0.309 e. The van der Waals surface area contributed by atoms with Crippen LogP contribution >= 0.6 is 23.2 Å². The second-order valence-corrected chi connectivity index (χ2v) is 4.62. The lowest BCUT2D eigenvalue weighted by atomic mass is 10.0. The maximum absolute atomic E-state index is 6.21. The molecule has 17 heavy (non-hydrogen) atoms. The van der Waals surface area contributed by atoms with Gasteiger partial charge in [-0.25, -0.2) is 0 Å². The molecule has 1 unspecified atom stereocenters. The molecule has 90 valence electrons. The summed E-state index contributed by atoms with van der Waals surface area (Å²) in [5.74, 6) is 0. The molecule has 0 radical (unpaired) electrons. The van der Waals surface area contributed by atoms with E-state index in [4.69, 9.17) is 23.2 Å². The fraction of sp³-hybridized carbons (Fsp3) is 0.250. The minimum absolute atomic E-state index is 0.0510. The number of halogens is 2. The van der Waals surface area contributed by atoms with Gasteiger partial charge in [0.1, 0.15) is 0 Å². The first-order chi connectivity index (χ1) is 8.13. The number of aryl methyl sites for hydroxylation is 1. The Hall–Kier alpha value is -1.03. The summed E-state index contributed by atoms with van der Waals surface area (Å²) in [4.78, 5) is 0. The zero-order valence-electron chi connectivity index (χ0n) is 9.61. The standard InChI is InChI=1S/C12H13Cl2N3/c1-15-12(8-6-16-17(2)7-8)11-9(13)4-3-5-10(11)14/h3-7,12,15H,1-2H3. The van der Waals surface area contributed by atoms with Gasteiger partial charge in [0, 0.05) is 34.4 Å². The lowest BCUT2D eigenvalue weighted by Crippen LogP contribution is -2.18. The Bertz CT molecular complexity index is 502. The van der Waals surface area contributed by atoms with Gasteiger partial charge in [0.2, 0.25) is 0 Å². The van der Waals surface area contributed by atoms with E-state index in [1.807, 2.05) is 38.5 Å². The van der Waals surface area contributed by atoms with E-state index in [0.29, 0.717) is 10.0 Å². The van der Waals surface area contributed by atoms with Gasteiger partial charge in [-0.1, -0.05) is 29.3 Å². The van der Waals surface area contributed by atoms with Crippen LogP contribution in [0.1, 0.15) is 17.2 Å². The number of aromatic nitrogens is 2. The largest absolute Gasteiger partial charge is 0.309 e. The zero-order chi connectivity index (χ0) is 12.4. The molecule has 1 aromatic carbocycles. The summed E-state index contributed by atoms with van der Waals surface area (Å²) in [5.41, 5.74) is 1.91. The topological polar surface area (TPSA) is 29.9 Å². The van der Waals surface area contributed by atoms with Crippen molar-refractivity contribution in [2.45, 2.75) is 6.04 Å². The lowest BCUT2D eigenvalue weighted by Gasteiger charge is -2.17. The molecule has 1 atom stereocenters. The molecule has 1 heterocycles. The molecule has 0 spiro atoms. The van der Waals surface area contributed by atoms with E-state index >= 15 is 0 Å². The Labute approximate surface area is 110 Å². The van der Waals surface area contributed by atoms with E-state index in [1.165, 1.54) is 0 Å². The van der Waals surface area contributed by atoms with Crippen molar-refractivity contribution in [1.29, 1.82) is 0 Å². The zero-order valence-corrected chi connectivity index (χ0v) is 11.1.